The van der Waals surface area contributed by atoms with E-state index in [4.69, 9.17) is 33.1 Å². The standard InChI is InChI=1S/C35H40Cl2N8O5S/c1-44-28-12-15-45(14-4-16-51(38,48)49)20-27(28)42-34(44)35(47)43-26-6-3-5-24(31(26)36)25-11-13-40-33(32(25)37)21-7-8-22(29(17-21)50-2)18-39-19-23-9-10-30(46)41-23/h3,5-8,11,13,17,23,39H,4,9-10,12,14-16,18-20H2,1-2H3,(H,41,46)(H,43,47)(H2,38,48,49). The van der Waals surface area contributed by atoms with E-state index in [1.165, 1.54) is 0 Å². The lowest BCUT2D eigenvalue weighted by atomic mass is 10.0. The summed E-state index contributed by atoms with van der Waals surface area (Å²) < 4.78 is 30.1. The Morgan fingerprint density at radius 2 is 1.94 bits per heavy atom. The van der Waals surface area contributed by atoms with Crippen LogP contribution in [-0.4, -0.2) is 78.2 Å². The van der Waals surface area contributed by atoms with Gasteiger partial charge in [-0.1, -0.05) is 47.5 Å². The van der Waals surface area contributed by atoms with Crippen molar-refractivity contribution in [2.24, 2.45) is 12.2 Å². The van der Waals surface area contributed by atoms with Crippen LogP contribution in [-0.2, 0) is 41.4 Å². The van der Waals surface area contributed by atoms with Crippen molar-refractivity contribution in [1.82, 2.24) is 30.1 Å². The topological polar surface area (TPSA) is 174 Å². The maximum absolute atomic E-state index is 13.5. The minimum atomic E-state index is -3.52. The van der Waals surface area contributed by atoms with E-state index >= 15 is 0 Å². The minimum absolute atomic E-state index is 0.0807. The summed E-state index contributed by atoms with van der Waals surface area (Å²) in [6.07, 6.45) is 4.14. The molecule has 2 aliphatic rings. The average Bonchev–Trinajstić information content (AvgIpc) is 3.67. The lowest BCUT2D eigenvalue weighted by Gasteiger charge is -2.26. The highest BCUT2D eigenvalue weighted by atomic mass is 35.5. The number of amides is 2. The zero-order valence-corrected chi connectivity index (χ0v) is 30.7. The molecule has 1 fully saturated rings. The van der Waals surface area contributed by atoms with E-state index in [1.54, 1.807) is 36.1 Å². The van der Waals surface area contributed by atoms with Gasteiger partial charge >= 0.3 is 0 Å². The number of carbonyl (C=O) groups is 2. The SMILES string of the molecule is COc1cc(-c2nccc(-c3cccc(NC(=O)c4nc5c(n4C)CCN(CCCS(N)(=O)=O)C5)c3Cl)c2Cl)ccc1CNCC1CCC(=O)N1. The molecule has 5 N–H and O–H groups in total. The molecule has 0 bridgehead atoms. The van der Waals surface area contributed by atoms with Crippen molar-refractivity contribution >= 4 is 50.7 Å². The summed E-state index contributed by atoms with van der Waals surface area (Å²) >= 11 is 13.9. The van der Waals surface area contributed by atoms with Crippen molar-refractivity contribution < 1.29 is 22.7 Å². The van der Waals surface area contributed by atoms with E-state index in [2.05, 4.69) is 30.8 Å². The number of fused-ring (bicyclic) bond motifs is 1. The summed E-state index contributed by atoms with van der Waals surface area (Å²) in [5, 5.41) is 15.1. The number of sulfonamides is 1. The number of ether oxygens (including phenoxy) is 1. The summed E-state index contributed by atoms with van der Waals surface area (Å²) in [6.45, 7) is 3.02. The molecule has 1 unspecified atom stereocenters. The van der Waals surface area contributed by atoms with Gasteiger partial charge in [-0.25, -0.2) is 18.5 Å². The Morgan fingerprint density at radius 3 is 2.69 bits per heavy atom. The number of hydrogen-bond donors (Lipinski definition) is 4. The first kappa shape index (κ1) is 36.7. The Morgan fingerprint density at radius 1 is 1.14 bits per heavy atom. The second-order valence-electron chi connectivity index (χ2n) is 12.7. The van der Waals surface area contributed by atoms with Gasteiger partial charge < -0.3 is 25.3 Å². The van der Waals surface area contributed by atoms with Crippen LogP contribution in [0.4, 0.5) is 5.69 Å². The second kappa shape index (κ2) is 15.7. The van der Waals surface area contributed by atoms with Crippen molar-refractivity contribution in [3.05, 3.63) is 81.5 Å². The fourth-order valence-corrected chi connectivity index (χ4v) is 7.71. The summed E-state index contributed by atoms with van der Waals surface area (Å²) in [5.74, 6) is 0.511. The first-order valence-electron chi connectivity index (χ1n) is 16.6. The predicted octanol–water partition coefficient (Wildman–Crippen LogP) is 4.12. The molecule has 51 heavy (non-hydrogen) atoms. The molecule has 0 spiro atoms. The summed E-state index contributed by atoms with van der Waals surface area (Å²) in [5.41, 5.74) is 5.64. The highest BCUT2D eigenvalue weighted by molar-refractivity contribution is 7.89. The number of imidazole rings is 1. The monoisotopic (exact) mass is 754 g/mol. The first-order valence-corrected chi connectivity index (χ1v) is 19.1. The van der Waals surface area contributed by atoms with Crippen LogP contribution in [0.3, 0.4) is 0 Å². The van der Waals surface area contributed by atoms with E-state index < -0.39 is 15.9 Å². The van der Waals surface area contributed by atoms with Crippen LogP contribution in [0.2, 0.25) is 10.0 Å². The van der Waals surface area contributed by atoms with Crippen LogP contribution >= 0.6 is 23.2 Å². The van der Waals surface area contributed by atoms with Crippen molar-refractivity contribution in [3.63, 3.8) is 0 Å². The Labute approximate surface area is 306 Å². The Bertz CT molecular complexity index is 2070. The van der Waals surface area contributed by atoms with E-state index in [9.17, 15) is 18.0 Å². The molecule has 4 heterocycles. The zero-order chi connectivity index (χ0) is 36.3. The molecule has 2 aliphatic heterocycles. The van der Waals surface area contributed by atoms with Gasteiger partial charge in [-0.05, 0) is 37.6 Å². The number of nitrogens with zero attached hydrogens (tertiary/aromatic N) is 4. The van der Waals surface area contributed by atoms with E-state index in [0.717, 1.165) is 35.5 Å². The molecule has 1 saturated heterocycles. The van der Waals surface area contributed by atoms with Crippen molar-refractivity contribution in [1.29, 1.82) is 0 Å². The maximum Gasteiger partial charge on any atom is 0.291 e. The third-order valence-electron chi connectivity index (χ3n) is 9.22. The molecule has 16 heteroatoms. The molecule has 0 radical (unpaired) electrons. The number of pyridine rings is 1. The molecule has 6 rings (SSSR count). The molecule has 2 aromatic carbocycles. The van der Waals surface area contributed by atoms with Crippen LogP contribution in [0.25, 0.3) is 22.4 Å². The number of anilines is 1. The lowest BCUT2D eigenvalue weighted by Crippen LogP contribution is -2.35. The molecule has 2 amide bonds. The Kier molecular flexibility index (Phi) is 11.3. The highest BCUT2D eigenvalue weighted by Crippen LogP contribution is 2.41. The predicted molar refractivity (Wildman–Crippen MR) is 197 cm³/mol. The van der Waals surface area contributed by atoms with Gasteiger partial charge in [-0.3, -0.25) is 19.5 Å². The largest absolute Gasteiger partial charge is 0.496 e. The maximum atomic E-state index is 13.5. The molecule has 1 atom stereocenters. The van der Waals surface area contributed by atoms with E-state index in [-0.39, 0.29) is 23.5 Å². The van der Waals surface area contributed by atoms with Gasteiger partial charge in [-0.15, -0.1) is 0 Å². The van der Waals surface area contributed by atoms with Gasteiger partial charge in [-0.2, -0.15) is 0 Å². The van der Waals surface area contributed by atoms with Gasteiger partial charge in [0.1, 0.15) is 5.75 Å². The number of primary sulfonamides is 1. The highest BCUT2D eigenvalue weighted by Gasteiger charge is 2.26. The number of halogens is 2. The first-order chi connectivity index (χ1) is 24.4. The molecule has 0 aliphatic carbocycles. The van der Waals surface area contributed by atoms with Crippen LogP contribution in [0.1, 0.15) is 46.8 Å². The van der Waals surface area contributed by atoms with Gasteiger partial charge in [0.2, 0.25) is 15.9 Å². The van der Waals surface area contributed by atoms with Crippen LogP contribution < -0.4 is 25.8 Å². The summed E-state index contributed by atoms with van der Waals surface area (Å²) in [4.78, 5) is 36.4. The third kappa shape index (κ3) is 8.54. The number of benzene rings is 2. The number of carbonyl (C=O) groups excluding carboxylic acids is 2. The Hall–Kier alpha value is -4.05. The quantitative estimate of drug-likeness (QED) is 0.157. The number of aromatic nitrogens is 3. The molecule has 13 nitrogen and oxygen atoms in total. The molecule has 270 valence electrons. The molecule has 2 aromatic heterocycles. The zero-order valence-electron chi connectivity index (χ0n) is 28.3. The number of rotatable bonds is 13. The average molecular weight is 756 g/mol. The minimum Gasteiger partial charge on any atom is -0.496 e. The molecular weight excluding hydrogens is 715 g/mol. The van der Waals surface area contributed by atoms with Crippen molar-refractivity contribution in [3.8, 4) is 28.1 Å². The van der Waals surface area contributed by atoms with E-state index in [1.807, 2.05) is 31.3 Å². The fourth-order valence-electron chi connectivity index (χ4n) is 6.58. The molecular formula is C35H40Cl2N8O5S. The fraction of sp³-hybridized carbons (Fsp3) is 0.371. The number of nitrogens with one attached hydrogen (secondary N) is 3. The lowest BCUT2D eigenvalue weighted by molar-refractivity contribution is -0.119. The van der Waals surface area contributed by atoms with Crippen molar-refractivity contribution in [2.75, 3.05) is 37.8 Å². The normalized spacial score (nSPS) is 16.2. The van der Waals surface area contributed by atoms with Gasteiger partial charge in [0.05, 0.1) is 40.0 Å². The molecule has 4 aromatic rings. The van der Waals surface area contributed by atoms with Gasteiger partial charge in [0, 0.05) is 86.3 Å². The number of methoxy groups -OCH3 is 1. The third-order valence-corrected chi connectivity index (χ3v) is 10.9. The summed E-state index contributed by atoms with van der Waals surface area (Å²) in [6, 6.07) is 13.0. The van der Waals surface area contributed by atoms with Crippen LogP contribution in [0.5, 0.6) is 5.75 Å². The summed E-state index contributed by atoms with van der Waals surface area (Å²) in [7, 11) is -0.0965. The number of hydrogen-bond acceptors (Lipinski definition) is 9. The number of nitrogens with two attached hydrogens (primary N) is 1. The van der Waals surface area contributed by atoms with Gasteiger partial charge in [0.25, 0.3) is 5.91 Å². The van der Waals surface area contributed by atoms with Crippen LogP contribution in [0.15, 0.2) is 48.7 Å². The smallest absolute Gasteiger partial charge is 0.291 e. The second-order valence-corrected chi connectivity index (χ2v) is 15.2. The van der Waals surface area contributed by atoms with Crippen LogP contribution in [0, 0.1) is 0 Å². The van der Waals surface area contributed by atoms with Gasteiger partial charge in [0.15, 0.2) is 5.82 Å². The van der Waals surface area contributed by atoms with Crippen molar-refractivity contribution in [2.45, 2.75) is 44.8 Å². The molecule has 0 saturated carbocycles. The Balaban J connectivity index is 1.17. The van der Waals surface area contributed by atoms with E-state index in [0.29, 0.717) is 83.7 Å².